The third kappa shape index (κ3) is 4.32. The van der Waals surface area contributed by atoms with Gasteiger partial charge in [0.1, 0.15) is 5.82 Å². The molecule has 1 amide bonds. The second kappa shape index (κ2) is 8.65. The second-order valence-electron chi connectivity index (χ2n) is 6.19. The molecule has 2 aromatic rings. The van der Waals surface area contributed by atoms with Crippen LogP contribution in [0.4, 0.5) is 4.39 Å². The van der Waals surface area contributed by atoms with Crippen LogP contribution in [0.15, 0.2) is 48.5 Å². The second-order valence-corrected chi connectivity index (χ2v) is 6.60. The number of benzene rings is 2. The highest BCUT2D eigenvalue weighted by atomic mass is 35.5. The predicted molar refractivity (Wildman–Crippen MR) is 101 cm³/mol. The fourth-order valence-corrected chi connectivity index (χ4v) is 3.59. The summed E-state index contributed by atoms with van der Waals surface area (Å²) in [5, 5.41) is 0.289. The molecule has 3 rings (SSSR count). The molecular weight excluding hydrogens is 362 g/mol. The zero-order valence-corrected chi connectivity index (χ0v) is 15.3. The molecule has 1 fully saturated rings. The number of nitrogens with two attached hydrogens (primary N) is 1. The lowest BCUT2D eigenvalue weighted by Gasteiger charge is -2.17. The minimum absolute atomic E-state index is 0. The number of carbonyl (C=O) groups excluding carboxylic acids is 1. The van der Waals surface area contributed by atoms with E-state index in [-0.39, 0.29) is 47.2 Å². The van der Waals surface area contributed by atoms with Crippen LogP contribution in [0.1, 0.15) is 17.0 Å². The largest absolute Gasteiger partial charge is 0.341 e. The van der Waals surface area contributed by atoms with Gasteiger partial charge in [0.05, 0.1) is 6.42 Å². The molecule has 6 heteroatoms. The van der Waals surface area contributed by atoms with E-state index in [1.807, 2.05) is 18.2 Å². The number of nitrogens with zero attached hydrogens (tertiary/aromatic N) is 1. The highest BCUT2D eigenvalue weighted by Gasteiger charge is 2.35. The quantitative estimate of drug-likeness (QED) is 0.876. The normalized spacial score (nSPS) is 19.6. The van der Waals surface area contributed by atoms with Crippen molar-refractivity contribution >= 4 is 29.9 Å². The van der Waals surface area contributed by atoms with E-state index in [2.05, 4.69) is 12.1 Å². The van der Waals surface area contributed by atoms with E-state index in [0.717, 1.165) is 0 Å². The van der Waals surface area contributed by atoms with Gasteiger partial charge >= 0.3 is 0 Å². The van der Waals surface area contributed by atoms with Gasteiger partial charge in [-0.1, -0.05) is 48.0 Å². The minimum Gasteiger partial charge on any atom is -0.341 e. The molecule has 0 aliphatic carbocycles. The number of carbonyl (C=O) groups is 1. The summed E-state index contributed by atoms with van der Waals surface area (Å²) in [7, 11) is 0. The molecule has 0 bridgehead atoms. The molecule has 1 heterocycles. The summed E-state index contributed by atoms with van der Waals surface area (Å²) in [6.45, 7) is 1.72. The van der Waals surface area contributed by atoms with Crippen LogP contribution in [0.2, 0.25) is 5.02 Å². The van der Waals surface area contributed by atoms with E-state index in [1.54, 1.807) is 11.0 Å². The average molecular weight is 383 g/mol. The van der Waals surface area contributed by atoms with Gasteiger partial charge in [-0.15, -0.1) is 12.4 Å². The molecule has 2 atom stereocenters. The Hall–Kier alpha value is -1.62. The zero-order valence-electron chi connectivity index (χ0n) is 13.7. The lowest BCUT2D eigenvalue weighted by Crippen LogP contribution is -2.31. The predicted octanol–water partition coefficient (Wildman–Crippen LogP) is 3.64. The van der Waals surface area contributed by atoms with Crippen LogP contribution in [0.25, 0.3) is 0 Å². The summed E-state index contributed by atoms with van der Waals surface area (Å²) in [6.07, 6.45) is -0.0235. The number of rotatable bonds is 4. The summed E-state index contributed by atoms with van der Waals surface area (Å²) in [5.41, 5.74) is 7.35. The summed E-state index contributed by atoms with van der Waals surface area (Å²) >= 11 is 6.03. The smallest absolute Gasteiger partial charge is 0.227 e. The van der Waals surface area contributed by atoms with Crippen LogP contribution in [-0.4, -0.2) is 30.4 Å². The Kier molecular flexibility index (Phi) is 6.82. The SMILES string of the molecule is Cl.NC[C@@H]1CN(C(=O)Cc2c(F)cccc2Cl)C[C@H]1c1ccccc1. The van der Waals surface area contributed by atoms with Crippen molar-refractivity contribution in [1.29, 1.82) is 0 Å². The van der Waals surface area contributed by atoms with Crippen molar-refractivity contribution in [3.63, 3.8) is 0 Å². The van der Waals surface area contributed by atoms with Crippen molar-refractivity contribution in [3.05, 3.63) is 70.5 Å². The first-order valence-electron chi connectivity index (χ1n) is 8.05. The highest BCUT2D eigenvalue weighted by molar-refractivity contribution is 6.31. The number of halogens is 3. The Bertz CT molecular complexity index is 706. The molecule has 3 nitrogen and oxygen atoms in total. The standard InChI is InChI=1S/C19H20ClFN2O.ClH/c20-17-7-4-8-18(21)15(17)9-19(24)23-11-14(10-22)16(12-23)13-5-2-1-3-6-13;/h1-8,14,16H,9-12,22H2;1H/t14-,16+;/m1./s1. The molecular formula is C19H21Cl2FN2O. The fourth-order valence-electron chi connectivity index (χ4n) is 3.36. The average Bonchev–Trinajstić information content (AvgIpc) is 3.03. The maximum absolute atomic E-state index is 13.9. The fraction of sp³-hybridized carbons (Fsp3) is 0.316. The van der Waals surface area contributed by atoms with Gasteiger partial charge in [0, 0.05) is 29.6 Å². The zero-order chi connectivity index (χ0) is 17.1. The number of amides is 1. The topological polar surface area (TPSA) is 46.3 Å². The molecule has 2 N–H and O–H groups in total. The first-order valence-corrected chi connectivity index (χ1v) is 8.43. The monoisotopic (exact) mass is 382 g/mol. The molecule has 1 aliphatic rings. The van der Waals surface area contributed by atoms with E-state index >= 15 is 0 Å². The molecule has 1 saturated heterocycles. The molecule has 0 radical (unpaired) electrons. The van der Waals surface area contributed by atoms with Gasteiger partial charge in [0.15, 0.2) is 0 Å². The van der Waals surface area contributed by atoms with E-state index in [4.69, 9.17) is 17.3 Å². The van der Waals surface area contributed by atoms with Gasteiger partial charge in [-0.25, -0.2) is 4.39 Å². The molecule has 1 aliphatic heterocycles. The molecule has 0 spiro atoms. The molecule has 0 aromatic heterocycles. The lowest BCUT2D eigenvalue weighted by molar-refractivity contribution is -0.129. The van der Waals surface area contributed by atoms with Crippen molar-refractivity contribution < 1.29 is 9.18 Å². The Labute approximate surface area is 158 Å². The number of hydrogen-bond acceptors (Lipinski definition) is 2. The Morgan fingerprint density at radius 2 is 1.88 bits per heavy atom. The van der Waals surface area contributed by atoms with Crippen molar-refractivity contribution in [3.8, 4) is 0 Å². The van der Waals surface area contributed by atoms with Crippen LogP contribution in [-0.2, 0) is 11.2 Å². The van der Waals surface area contributed by atoms with E-state index in [0.29, 0.717) is 19.6 Å². The first-order chi connectivity index (χ1) is 11.6. The molecule has 2 aromatic carbocycles. The summed E-state index contributed by atoms with van der Waals surface area (Å²) in [5.74, 6) is -0.118. The van der Waals surface area contributed by atoms with Crippen molar-refractivity contribution in [2.24, 2.45) is 11.7 Å². The summed E-state index contributed by atoms with van der Waals surface area (Å²) in [4.78, 5) is 14.4. The molecule has 0 saturated carbocycles. The van der Waals surface area contributed by atoms with E-state index in [9.17, 15) is 9.18 Å². The minimum atomic E-state index is -0.440. The maximum atomic E-state index is 13.9. The maximum Gasteiger partial charge on any atom is 0.227 e. The van der Waals surface area contributed by atoms with Gasteiger partial charge < -0.3 is 10.6 Å². The lowest BCUT2D eigenvalue weighted by atomic mass is 9.89. The Balaban J connectivity index is 0.00000225. The highest BCUT2D eigenvalue weighted by Crippen LogP contribution is 2.32. The van der Waals surface area contributed by atoms with Crippen molar-refractivity contribution in [1.82, 2.24) is 4.90 Å². The Morgan fingerprint density at radius 3 is 2.52 bits per heavy atom. The van der Waals surface area contributed by atoms with E-state index in [1.165, 1.54) is 17.7 Å². The van der Waals surface area contributed by atoms with Crippen LogP contribution in [0.5, 0.6) is 0 Å². The van der Waals surface area contributed by atoms with Crippen molar-refractivity contribution in [2.75, 3.05) is 19.6 Å². The number of likely N-dealkylation sites (tertiary alicyclic amines) is 1. The van der Waals surface area contributed by atoms with Gasteiger partial charge in [-0.2, -0.15) is 0 Å². The van der Waals surface area contributed by atoms with Crippen LogP contribution < -0.4 is 5.73 Å². The first kappa shape index (κ1) is 19.7. The molecule has 0 unspecified atom stereocenters. The Morgan fingerprint density at radius 1 is 1.16 bits per heavy atom. The third-order valence-corrected chi connectivity index (χ3v) is 5.07. The van der Waals surface area contributed by atoms with Crippen LogP contribution in [0, 0.1) is 11.7 Å². The van der Waals surface area contributed by atoms with Crippen LogP contribution in [0.3, 0.4) is 0 Å². The van der Waals surface area contributed by atoms with Gasteiger partial charge in [0.2, 0.25) is 5.91 Å². The van der Waals surface area contributed by atoms with Gasteiger partial charge in [-0.3, -0.25) is 4.79 Å². The van der Waals surface area contributed by atoms with Gasteiger partial charge in [0.25, 0.3) is 0 Å². The summed E-state index contributed by atoms with van der Waals surface area (Å²) in [6, 6.07) is 14.6. The molecule has 134 valence electrons. The van der Waals surface area contributed by atoms with Gasteiger partial charge in [-0.05, 0) is 30.2 Å². The summed E-state index contributed by atoms with van der Waals surface area (Å²) < 4.78 is 13.9. The number of hydrogen-bond donors (Lipinski definition) is 1. The van der Waals surface area contributed by atoms with Crippen LogP contribution >= 0.6 is 24.0 Å². The van der Waals surface area contributed by atoms with Crippen molar-refractivity contribution in [2.45, 2.75) is 12.3 Å². The van der Waals surface area contributed by atoms with E-state index < -0.39 is 5.82 Å². The third-order valence-electron chi connectivity index (χ3n) is 4.71. The molecule has 25 heavy (non-hydrogen) atoms.